The molecule has 1 unspecified atom stereocenters. The van der Waals surface area contributed by atoms with Gasteiger partial charge in [0.05, 0.1) is 23.6 Å². The number of nitrogens with zero attached hydrogens (tertiary/aromatic N) is 1. The van der Waals surface area contributed by atoms with Crippen molar-refractivity contribution in [2.24, 2.45) is 0 Å². The highest BCUT2D eigenvalue weighted by Crippen LogP contribution is 2.30. The van der Waals surface area contributed by atoms with Gasteiger partial charge in [0.2, 0.25) is 0 Å². The topological polar surface area (TPSA) is 34.1 Å². The number of halogens is 3. The number of pyridine rings is 1. The monoisotopic (exact) mass is 296 g/mol. The van der Waals surface area contributed by atoms with Crippen molar-refractivity contribution in [1.82, 2.24) is 4.98 Å². The first-order valence-corrected chi connectivity index (χ1v) is 6.52. The summed E-state index contributed by atoms with van der Waals surface area (Å²) < 4.78 is 42.1. The Balaban J connectivity index is 2.20. The van der Waals surface area contributed by atoms with E-state index in [0.717, 1.165) is 6.20 Å². The SMILES string of the molecule is CCC(Nc1ccccc1OC(F)F)c1ccc(F)cn1. The highest BCUT2D eigenvalue weighted by Gasteiger charge is 2.15. The Labute approximate surface area is 120 Å². The molecule has 2 rings (SSSR count). The number of anilines is 1. The van der Waals surface area contributed by atoms with Crippen molar-refractivity contribution >= 4 is 5.69 Å². The molecule has 0 fully saturated rings. The third-order valence-corrected chi connectivity index (χ3v) is 2.95. The minimum Gasteiger partial charge on any atom is -0.433 e. The van der Waals surface area contributed by atoms with Crippen LogP contribution in [0, 0.1) is 5.82 Å². The van der Waals surface area contributed by atoms with Gasteiger partial charge in [0, 0.05) is 0 Å². The molecule has 0 aliphatic rings. The third kappa shape index (κ3) is 4.11. The first kappa shape index (κ1) is 15.2. The normalized spacial score (nSPS) is 12.2. The maximum atomic E-state index is 12.9. The number of hydrogen-bond donors (Lipinski definition) is 1. The zero-order valence-corrected chi connectivity index (χ0v) is 11.4. The van der Waals surface area contributed by atoms with Crippen molar-refractivity contribution in [3.05, 3.63) is 54.1 Å². The number of nitrogens with one attached hydrogen (secondary N) is 1. The molecular formula is C15H15F3N2O. The van der Waals surface area contributed by atoms with Crippen molar-refractivity contribution in [2.45, 2.75) is 26.0 Å². The second-order valence-corrected chi connectivity index (χ2v) is 4.38. The van der Waals surface area contributed by atoms with Crippen LogP contribution in [0.4, 0.5) is 18.9 Å². The Morgan fingerprint density at radius 3 is 2.57 bits per heavy atom. The molecule has 0 radical (unpaired) electrons. The van der Waals surface area contributed by atoms with E-state index in [4.69, 9.17) is 0 Å². The lowest BCUT2D eigenvalue weighted by Gasteiger charge is -2.20. The van der Waals surface area contributed by atoms with Gasteiger partial charge in [0.15, 0.2) is 0 Å². The molecule has 1 atom stereocenters. The molecule has 1 heterocycles. The van der Waals surface area contributed by atoms with Crippen LogP contribution in [-0.4, -0.2) is 11.6 Å². The summed E-state index contributed by atoms with van der Waals surface area (Å²) in [7, 11) is 0. The zero-order chi connectivity index (χ0) is 15.2. The van der Waals surface area contributed by atoms with Crippen LogP contribution < -0.4 is 10.1 Å². The molecule has 0 bridgehead atoms. The van der Waals surface area contributed by atoms with E-state index < -0.39 is 12.4 Å². The van der Waals surface area contributed by atoms with Gasteiger partial charge in [-0.1, -0.05) is 19.1 Å². The van der Waals surface area contributed by atoms with Crippen LogP contribution in [0.25, 0.3) is 0 Å². The van der Waals surface area contributed by atoms with Crippen LogP contribution in [0.2, 0.25) is 0 Å². The summed E-state index contributed by atoms with van der Waals surface area (Å²) in [5.74, 6) is -0.358. The van der Waals surface area contributed by atoms with Crippen LogP contribution in [0.15, 0.2) is 42.6 Å². The fourth-order valence-electron chi connectivity index (χ4n) is 1.95. The summed E-state index contributed by atoms with van der Waals surface area (Å²) in [5.41, 5.74) is 1.07. The van der Waals surface area contributed by atoms with Crippen LogP contribution in [0.5, 0.6) is 5.75 Å². The number of ether oxygens (including phenoxy) is 1. The molecule has 0 aliphatic heterocycles. The van der Waals surface area contributed by atoms with Crippen molar-refractivity contribution < 1.29 is 17.9 Å². The quantitative estimate of drug-likeness (QED) is 0.858. The summed E-state index contributed by atoms with van der Waals surface area (Å²) >= 11 is 0. The van der Waals surface area contributed by atoms with E-state index >= 15 is 0 Å². The van der Waals surface area contributed by atoms with Crippen molar-refractivity contribution in [3.8, 4) is 5.75 Å². The molecule has 6 heteroatoms. The molecule has 0 spiro atoms. The minimum atomic E-state index is -2.89. The Bertz CT molecular complexity index is 575. The summed E-state index contributed by atoms with van der Waals surface area (Å²) in [6.07, 6.45) is 1.78. The lowest BCUT2D eigenvalue weighted by molar-refractivity contribution is -0.0493. The molecule has 0 saturated carbocycles. The number of benzene rings is 1. The molecule has 1 aromatic carbocycles. The second kappa shape index (κ2) is 6.97. The van der Waals surface area contributed by atoms with E-state index in [1.807, 2.05) is 6.92 Å². The fourth-order valence-corrected chi connectivity index (χ4v) is 1.95. The van der Waals surface area contributed by atoms with Crippen LogP contribution in [0.1, 0.15) is 25.1 Å². The smallest absolute Gasteiger partial charge is 0.387 e. The molecule has 0 aliphatic carbocycles. The second-order valence-electron chi connectivity index (χ2n) is 4.38. The number of aromatic nitrogens is 1. The van der Waals surface area contributed by atoms with E-state index in [1.54, 1.807) is 24.3 Å². The Kier molecular flexibility index (Phi) is 5.03. The van der Waals surface area contributed by atoms with E-state index in [2.05, 4.69) is 15.0 Å². The maximum absolute atomic E-state index is 12.9. The van der Waals surface area contributed by atoms with Crippen LogP contribution >= 0.6 is 0 Å². The number of rotatable bonds is 6. The first-order valence-electron chi connectivity index (χ1n) is 6.52. The van der Waals surface area contributed by atoms with E-state index in [0.29, 0.717) is 17.8 Å². The average Bonchev–Trinajstić information content (AvgIpc) is 2.47. The van der Waals surface area contributed by atoms with Gasteiger partial charge in [-0.15, -0.1) is 0 Å². The van der Waals surface area contributed by atoms with E-state index in [9.17, 15) is 13.2 Å². The summed E-state index contributed by atoms with van der Waals surface area (Å²) in [4.78, 5) is 4.01. The van der Waals surface area contributed by atoms with Crippen LogP contribution in [-0.2, 0) is 0 Å². The maximum Gasteiger partial charge on any atom is 0.387 e. The van der Waals surface area contributed by atoms with Crippen molar-refractivity contribution in [3.63, 3.8) is 0 Å². The summed E-state index contributed by atoms with van der Waals surface area (Å²) in [6, 6.07) is 9.07. The standard InChI is InChI=1S/C15H15F3N2O/c1-2-11(12-8-7-10(16)9-19-12)20-13-5-3-4-6-14(13)21-15(17)18/h3-9,11,15,20H,2H2,1H3. The minimum absolute atomic E-state index is 0.0630. The van der Waals surface area contributed by atoms with Crippen LogP contribution in [0.3, 0.4) is 0 Å². The molecule has 112 valence electrons. The van der Waals surface area contributed by atoms with Crippen molar-refractivity contribution in [1.29, 1.82) is 0 Å². The first-order chi connectivity index (χ1) is 10.1. The molecule has 1 aromatic heterocycles. The molecule has 1 N–H and O–H groups in total. The fraction of sp³-hybridized carbons (Fsp3) is 0.267. The largest absolute Gasteiger partial charge is 0.433 e. The number of hydrogen-bond acceptors (Lipinski definition) is 3. The number of alkyl halides is 2. The van der Waals surface area contributed by atoms with Gasteiger partial charge in [-0.3, -0.25) is 4.98 Å². The van der Waals surface area contributed by atoms with Gasteiger partial charge >= 0.3 is 6.61 Å². The number of para-hydroxylation sites is 2. The van der Waals surface area contributed by atoms with E-state index in [1.165, 1.54) is 12.1 Å². The Hall–Kier alpha value is -2.24. The molecule has 0 saturated heterocycles. The Morgan fingerprint density at radius 1 is 1.19 bits per heavy atom. The molecule has 2 aromatic rings. The predicted octanol–water partition coefficient (Wildman–Crippen LogP) is 4.39. The lowest BCUT2D eigenvalue weighted by Crippen LogP contribution is -2.13. The van der Waals surface area contributed by atoms with Gasteiger partial charge in [-0.25, -0.2) is 4.39 Å². The molecule has 21 heavy (non-hydrogen) atoms. The average molecular weight is 296 g/mol. The molecule has 3 nitrogen and oxygen atoms in total. The molecule has 0 amide bonds. The predicted molar refractivity (Wildman–Crippen MR) is 73.9 cm³/mol. The lowest BCUT2D eigenvalue weighted by atomic mass is 10.1. The van der Waals surface area contributed by atoms with Gasteiger partial charge in [-0.2, -0.15) is 8.78 Å². The highest BCUT2D eigenvalue weighted by atomic mass is 19.3. The van der Waals surface area contributed by atoms with Gasteiger partial charge in [0.1, 0.15) is 11.6 Å². The Morgan fingerprint density at radius 2 is 1.95 bits per heavy atom. The zero-order valence-electron chi connectivity index (χ0n) is 11.4. The van der Waals surface area contributed by atoms with Gasteiger partial charge in [-0.05, 0) is 30.7 Å². The molecular weight excluding hydrogens is 281 g/mol. The van der Waals surface area contributed by atoms with Crippen molar-refractivity contribution in [2.75, 3.05) is 5.32 Å². The van der Waals surface area contributed by atoms with E-state index in [-0.39, 0.29) is 11.8 Å². The van der Waals surface area contributed by atoms with Gasteiger partial charge in [0.25, 0.3) is 0 Å². The summed E-state index contributed by atoms with van der Waals surface area (Å²) in [5, 5.41) is 3.10. The third-order valence-electron chi connectivity index (χ3n) is 2.95. The summed E-state index contributed by atoms with van der Waals surface area (Å²) in [6.45, 7) is -0.976. The highest BCUT2D eigenvalue weighted by molar-refractivity contribution is 5.57. The van der Waals surface area contributed by atoms with Gasteiger partial charge < -0.3 is 10.1 Å².